The summed E-state index contributed by atoms with van der Waals surface area (Å²) in [4.78, 5) is 24.5. The van der Waals surface area contributed by atoms with Crippen LogP contribution in [-0.4, -0.2) is 23.0 Å². The van der Waals surface area contributed by atoms with Gasteiger partial charge in [-0.15, -0.1) is 0 Å². The van der Waals surface area contributed by atoms with Gasteiger partial charge in [0, 0.05) is 12.0 Å². The normalized spacial score (nSPS) is 11.9. The maximum absolute atomic E-state index is 12.8. The van der Waals surface area contributed by atoms with E-state index in [1.165, 1.54) is 0 Å². The highest BCUT2D eigenvalue weighted by molar-refractivity contribution is 6.07. The number of rotatable bonds is 5. The minimum absolute atomic E-state index is 0.254. The van der Waals surface area contributed by atoms with E-state index in [1.807, 2.05) is 62.4 Å². The molecule has 0 saturated carbocycles. The van der Waals surface area contributed by atoms with Crippen LogP contribution in [0.4, 0.5) is 0 Å². The predicted molar refractivity (Wildman–Crippen MR) is 102 cm³/mol. The van der Waals surface area contributed by atoms with E-state index < -0.39 is 12.0 Å². The van der Waals surface area contributed by atoms with E-state index in [4.69, 9.17) is 0 Å². The van der Waals surface area contributed by atoms with Crippen molar-refractivity contribution in [2.24, 2.45) is 0 Å². The van der Waals surface area contributed by atoms with Gasteiger partial charge in [-0.3, -0.25) is 4.79 Å². The molecular weight excluding hydrogens is 326 g/mol. The molecule has 0 fully saturated rings. The van der Waals surface area contributed by atoms with E-state index in [2.05, 4.69) is 5.32 Å². The Balaban J connectivity index is 1.88. The number of hydrogen-bond acceptors (Lipinski definition) is 2. The molecule has 3 aromatic carbocycles. The fourth-order valence-electron chi connectivity index (χ4n) is 3.23. The zero-order valence-corrected chi connectivity index (χ0v) is 14.8. The maximum atomic E-state index is 12.8. The monoisotopic (exact) mass is 347 g/mol. The van der Waals surface area contributed by atoms with Crippen LogP contribution >= 0.6 is 0 Å². The maximum Gasteiger partial charge on any atom is 0.326 e. The second kappa shape index (κ2) is 7.40. The number of fused-ring (bicyclic) bond motifs is 1. The van der Waals surface area contributed by atoms with E-state index >= 15 is 0 Å². The van der Waals surface area contributed by atoms with E-state index in [1.54, 1.807) is 12.1 Å². The Labute approximate surface area is 152 Å². The van der Waals surface area contributed by atoms with Crippen molar-refractivity contribution in [1.82, 2.24) is 5.32 Å². The zero-order valence-electron chi connectivity index (χ0n) is 14.8. The third-order valence-electron chi connectivity index (χ3n) is 4.69. The van der Waals surface area contributed by atoms with Crippen LogP contribution in [0.2, 0.25) is 0 Å². The molecule has 0 bridgehead atoms. The van der Waals surface area contributed by atoms with Crippen LogP contribution in [0.25, 0.3) is 10.8 Å². The Morgan fingerprint density at radius 2 is 1.54 bits per heavy atom. The molecule has 0 radical (unpaired) electrons. The first-order chi connectivity index (χ1) is 12.5. The minimum Gasteiger partial charge on any atom is -0.480 e. The summed E-state index contributed by atoms with van der Waals surface area (Å²) in [6.45, 7) is 3.90. The summed E-state index contributed by atoms with van der Waals surface area (Å²) in [6.07, 6.45) is 0.254. The lowest BCUT2D eigenvalue weighted by atomic mass is 9.96. The fourth-order valence-corrected chi connectivity index (χ4v) is 3.23. The molecule has 1 amide bonds. The third-order valence-corrected chi connectivity index (χ3v) is 4.69. The number of carboxylic acid groups (broad SMARTS) is 1. The Hall–Kier alpha value is -3.14. The van der Waals surface area contributed by atoms with Crippen molar-refractivity contribution in [3.05, 3.63) is 82.9 Å². The lowest BCUT2D eigenvalue weighted by molar-refractivity contribution is -0.139. The van der Waals surface area contributed by atoms with E-state index in [0.29, 0.717) is 5.56 Å². The number of carbonyl (C=O) groups excluding carboxylic acids is 1. The standard InChI is InChI=1S/C22H21NO3/c1-14-7-5-8-15(2)19(14)13-20(22(25)26)23-21(24)18-12-6-10-16-9-3-4-11-17(16)18/h3-12,20H,13H2,1-2H3,(H,23,24)(H,25,26)/t20-/m0/s1. The molecule has 132 valence electrons. The molecule has 4 heteroatoms. The highest BCUT2D eigenvalue weighted by Crippen LogP contribution is 2.19. The van der Waals surface area contributed by atoms with Gasteiger partial charge < -0.3 is 10.4 Å². The molecule has 0 unspecified atom stereocenters. The Kier molecular flexibility index (Phi) is 5.03. The number of hydrogen-bond donors (Lipinski definition) is 2. The summed E-state index contributed by atoms with van der Waals surface area (Å²) in [5.74, 6) is -1.42. The van der Waals surface area contributed by atoms with Crippen molar-refractivity contribution in [3.8, 4) is 0 Å². The van der Waals surface area contributed by atoms with Crippen molar-refractivity contribution in [3.63, 3.8) is 0 Å². The van der Waals surface area contributed by atoms with Crippen LogP contribution in [0, 0.1) is 13.8 Å². The van der Waals surface area contributed by atoms with E-state index in [0.717, 1.165) is 27.5 Å². The van der Waals surface area contributed by atoms with Gasteiger partial charge in [0.25, 0.3) is 5.91 Å². The molecule has 2 N–H and O–H groups in total. The smallest absolute Gasteiger partial charge is 0.326 e. The van der Waals surface area contributed by atoms with Crippen molar-refractivity contribution < 1.29 is 14.7 Å². The second-order valence-corrected chi connectivity index (χ2v) is 6.47. The lowest BCUT2D eigenvalue weighted by Gasteiger charge is -2.18. The molecule has 0 aliphatic carbocycles. The van der Waals surface area contributed by atoms with Crippen LogP contribution < -0.4 is 5.32 Å². The van der Waals surface area contributed by atoms with Gasteiger partial charge in [-0.25, -0.2) is 4.79 Å². The van der Waals surface area contributed by atoms with E-state index in [9.17, 15) is 14.7 Å². The van der Waals surface area contributed by atoms with Crippen LogP contribution in [0.5, 0.6) is 0 Å². The third kappa shape index (κ3) is 3.59. The molecule has 0 saturated heterocycles. The number of nitrogens with one attached hydrogen (secondary N) is 1. The molecule has 1 atom stereocenters. The quantitative estimate of drug-likeness (QED) is 0.736. The molecule has 0 spiro atoms. The van der Waals surface area contributed by atoms with Crippen molar-refractivity contribution in [2.75, 3.05) is 0 Å². The molecule has 0 heterocycles. The van der Waals surface area contributed by atoms with Gasteiger partial charge in [-0.05, 0) is 47.4 Å². The topological polar surface area (TPSA) is 66.4 Å². The SMILES string of the molecule is Cc1cccc(C)c1C[C@H](NC(=O)c1cccc2ccccc12)C(=O)O. The fraction of sp³-hybridized carbons (Fsp3) is 0.182. The summed E-state index contributed by atoms with van der Waals surface area (Å²) in [7, 11) is 0. The molecule has 26 heavy (non-hydrogen) atoms. The van der Waals surface area contributed by atoms with Crippen LogP contribution in [0.15, 0.2) is 60.7 Å². The summed E-state index contributed by atoms with van der Waals surface area (Å²) in [5.41, 5.74) is 3.49. The summed E-state index contributed by atoms with van der Waals surface area (Å²) >= 11 is 0. The lowest BCUT2D eigenvalue weighted by Crippen LogP contribution is -2.42. The van der Waals surface area contributed by atoms with Gasteiger partial charge in [0.2, 0.25) is 0 Å². The molecule has 0 aliphatic heterocycles. The van der Waals surface area contributed by atoms with Crippen molar-refractivity contribution in [2.45, 2.75) is 26.3 Å². The molecule has 3 rings (SSSR count). The first-order valence-electron chi connectivity index (χ1n) is 8.54. The van der Waals surface area contributed by atoms with Gasteiger partial charge in [-0.1, -0.05) is 54.6 Å². The predicted octanol–water partition coefficient (Wildman–Crippen LogP) is 3.88. The zero-order chi connectivity index (χ0) is 18.7. The van der Waals surface area contributed by atoms with Crippen LogP contribution in [0.3, 0.4) is 0 Å². The van der Waals surface area contributed by atoms with Crippen molar-refractivity contribution in [1.29, 1.82) is 0 Å². The Morgan fingerprint density at radius 1 is 0.923 bits per heavy atom. The number of aryl methyl sites for hydroxylation is 2. The number of carbonyl (C=O) groups is 2. The number of amides is 1. The summed E-state index contributed by atoms with van der Waals surface area (Å²) < 4.78 is 0. The first kappa shape index (κ1) is 17.7. The van der Waals surface area contributed by atoms with Crippen molar-refractivity contribution >= 4 is 22.6 Å². The van der Waals surface area contributed by atoms with Crippen LogP contribution in [0.1, 0.15) is 27.0 Å². The van der Waals surface area contributed by atoms with Gasteiger partial charge in [0.15, 0.2) is 0 Å². The van der Waals surface area contributed by atoms with E-state index in [-0.39, 0.29) is 12.3 Å². The molecule has 0 aliphatic rings. The molecular formula is C22H21NO3. The number of aliphatic carboxylic acids is 1. The largest absolute Gasteiger partial charge is 0.480 e. The van der Waals surface area contributed by atoms with Gasteiger partial charge in [-0.2, -0.15) is 0 Å². The highest BCUT2D eigenvalue weighted by atomic mass is 16.4. The minimum atomic E-state index is -1.04. The molecule has 3 aromatic rings. The highest BCUT2D eigenvalue weighted by Gasteiger charge is 2.23. The van der Waals surface area contributed by atoms with Gasteiger partial charge in [0.1, 0.15) is 6.04 Å². The number of benzene rings is 3. The van der Waals surface area contributed by atoms with Crippen LogP contribution in [-0.2, 0) is 11.2 Å². The van der Waals surface area contributed by atoms with Gasteiger partial charge >= 0.3 is 5.97 Å². The average Bonchev–Trinajstić information content (AvgIpc) is 2.63. The summed E-state index contributed by atoms with van der Waals surface area (Å²) in [5, 5.41) is 14.1. The number of carboxylic acids is 1. The molecule has 0 aromatic heterocycles. The second-order valence-electron chi connectivity index (χ2n) is 6.47. The molecule has 4 nitrogen and oxygen atoms in total. The average molecular weight is 347 g/mol. The van der Waals surface area contributed by atoms with Gasteiger partial charge in [0.05, 0.1) is 0 Å². The Bertz CT molecular complexity index is 953. The summed E-state index contributed by atoms with van der Waals surface area (Å²) in [6, 6.07) is 17.9. The first-order valence-corrected chi connectivity index (χ1v) is 8.54. The Morgan fingerprint density at radius 3 is 2.23 bits per heavy atom.